The summed E-state index contributed by atoms with van der Waals surface area (Å²) in [4.78, 5) is 24.7. The molecule has 1 amide bonds. The van der Waals surface area contributed by atoms with E-state index in [9.17, 15) is 9.59 Å². The first-order valence-electron chi connectivity index (χ1n) is 6.94. The standard InChI is InChI=1S/C15H23NO4/c1-5-6-7-10(2)14(17)16(4)9-12-8-13(15(18)19)11(3)20-12/h8,10H,5-7,9H2,1-4H3,(H,18,19). The van der Waals surface area contributed by atoms with Gasteiger partial charge >= 0.3 is 5.97 Å². The quantitative estimate of drug-likeness (QED) is 0.833. The summed E-state index contributed by atoms with van der Waals surface area (Å²) in [5.74, 6) is -0.104. The van der Waals surface area contributed by atoms with Crippen LogP contribution in [0.5, 0.6) is 0 Å². The number of amides is 1. The van der Waals surface area contributed by atoms with Gasteiger partial charge in [0.25, 0.3) is 0 Å². The van der Waals surface area contributed by atoms with Crippen LogP contribution in [0.3, 0.4) is 0 Å². The zero-order valence-corrected chi connectivity index (χ0v) is 12.6. The molecule has 1 unspecified atom stereocenters. The van der Waals surface area contributed by atoms with Crippen molar-refractivity contribution in [2.24, 2.45) is 5.92 Å². The summed E-state index contributed by atoms with van der Waals surface area (Å²) in [6, 6.07) is 1.48. The van der Waals surface area contributed by atoms with E-state index >= 15 is 0 Å². The van der Waals surface area contributed by atoms with Gasteiger partial charge in [-0.05, 0) is 19.4 Å². The first kappa shape index (κ1) is 16.3. The lowest BCUT2D eigenvalue weighted by Gasteiger charge is -2.20. The Bertz CT molecular complexity index is 478. The minimum atomic E-state index is -1.01. The second-order valence-electron chi connectivity index (χ2n) is 5.23. The van der Waals surface area contributed by atoms with Crippen molar-refractivity contribution in [3.05, 3.63) is 23.2 Å². The third-order valence-corrected chi connectivity index (χ3v) is 3.38. The second-order valence-corrected chi connectivity index (χ2v) is 5.23. The minimum absolute atomic E-state index is 0.0186. The number of furan rings is 1. The predicted molar refractivity (Wildman–Crippen MR) is 75.6 cm³/mol. The summed E-state index contributed by atoms with van der Waals surface area (Å²) < 4.78 is 5.38. The van der Waals surface area contributed by atoms with Crippen LogP contribution in [0.1, 0.15) is 55.0 Å². The molecule has 0 saturated carbocycles. The van der Waals surface area contributed by atoms with E-state index in [0.717, 1.165) is 19.3 Å². The highest BCUT2D eigenvalue weighted by atomic mass is 16.4. The molecule has 0 radical (unpaired) electrons. The molecule has 1 aromatic heterocycles. The number of unbranched alkanes of at least 4 members (excludes halogenated alkanes) is 1. The van der Waals surface area contributed by atoms with Crippen LogP contribution < -0.4 is 0 Å². The smallest absolute Gasteiger partial charge is 0.339 e. The lowest BCUT2D eigenvalue weighted by molar-refractivity contribution is -0.134. The number of aromatic carboxylic acids is 1. The number of carboxylic acids is 1. The lowest BCUT2D eigenvalue weighted by Crippen LogP contribution is -2.31. The highest BCUT2D eigenvalue weighted by Crippen LogP contribution is 2.18. The van der Waals surface area contributed by atoms with Crippen LogP contribution in [0.15, 0.2) is 10.5 Å². The average Bonchev–Trinajstić information content (AvgIpc) is 2.75. The van der Waals surface area contributed by atoms with Crippen LogP contribution in [0.25, 0.3) is 0 Å². The molecule has 1 aromatic rings. The highest BCUT2D eigenvalue weighted by Gasteiger charge is 2.20. The Morgan fingerprint density at radius 1 is 1.45 bits per heavy atom. The monoisotopic (exact) mass is 281 g/mol. The molecular weight excluding hydrogens is 258 g/mol. The van der Waals surface area contributed by atoms with Crippen molar-refractivity contribution >= 4 is 11.9 Å². The summed E-state index contributed by atoms with van der Waals surface area (Å²) in [5, 5.41) is 8.97. The van der Waals surface area contributed by atoms with Crippen molar-refractivity contribution in [3.8, 4) is 0 Å². The van der Waals surface area contributed by atoms with Gasteiger partial charge in [0.2, 0.25) is 5.91 Å². The molecule has 0 aliphatic carbocycles. The number of aryl methyl sites for hydroxylation is 1. The molecule has 1 atom stereocenters. The Kier molecular flexibility index (Phi) is 5.80. The van der Waals surface area contributed by atoms with E-state index in [4.69, 9.17) is 9.52 Å². The third-order valence-electron chi connectivity index (χ3n) is 3.38. The van der Waals surface area contributed by atoms with Crippen LogP contribution >= 0.6 is 0 Å². The number of hydrogen-bond acceptors (Lipinski definition) is 3. The van der Waals surface area contributed by atoms with Gasteiger partial charge in [0.15, 0.2) is 0 Å². The normalized spacial score (nSPS) is 12.2. The first-order chi connectivity index (χ1) is 9.36. The Morgan fingerprint density at radius 2 is 2.10 bits per heavy atom. The van der Waals surface area contributed by atoms with E-state index in [1.54, 1.807) is 18.9 Å². The molecular formula is C15H23NO4. The van der Waals surface area contributed by atoms with Crippen LogP contribution in [-0.4, -0.2) is 28.9 Å². The molecule has 0 aliphatic rings. The van der Waals surface area contributed by atoms with Gasteiger partial charge in [0.05, 0.1) is 6.54 Å². The van der Waals surface area contributed by atoms with Gasteiger partial charge in [-0.15, -0.1) is 0 Å². The predicted octanol–water partition coefficient (Wildman–Crippen LogP) is 3.07. The van der Waals surface area contributed by atoms with Gasteiger partial charge in [0, 0.05) is 13.0 Å². The summed E-state index contributed by atoms with van der Waals surface area (Å²) >= 11 is 0. The fraction of sp³-hybridized carbons (Fsp3) is 0.600. The molecule has 0 aromatic carbocycles. The maximum absolute atomic E-state index is 12.1. The summed E-state index contributed by atoms with van der Waals surface area (Å²) in [6.07, 6.45) is 2.97. The summed E-state index contributed by atoms with van der Waals surface area (Å²) in [6.45, 7) is 5.92. The largest absolute Gasteiger partial charge is 0.478 e. The molecule has 1 heterocycles. The topological polar surface area (TPSA) is 70.8 Å². The number of carbonyl (C=O) groups is 2. The SMILES string of the molecule is CCCCC(C)C(=O)N(C)Cc1cc(C(=O)O)c(C)o1. The van der Waals surface area contributed by atoms with Crippen LogP contribution in [0.4, 0.5) is 0 Å². The van der Waals surface area contributed by atoms with E-state index in [0.29, 0.717) is 18.1 Å². The fourth-order valence-corrected chi connectivity index (χ4v) is 2.16. The van der Waals surface area contributed by atoms with E-state index < -0.39 is 5.97 Å². The molecule has 20 heavy (non-hydrogen) atoms. The van der Waals surface area contributed by atoms with Crippen molar-refractivity contribution in [3.63, 3.8) is 0 Å². The molecule has 5 nitrogen and oxygen atoms in total. The lowest BCUT2D eigenvalue weighted by atomic mass is 10.0. The molecule has 1 rings (SSSR count). The summed E-state index contributed by atoms with van der Waals surface area (Å²) in [7, 11) is 1.71. The number of nitrogens with zero attached hydrogens (tertiary/aromatic N) is 1. The molecule has 0 bridgehead atoms. The van der Waals surface area contributed by atoms with Crippen LogP contribution in [-0.2, 0) is 11.3 Å². The molecule has 0 spiro atoms. The summed E-state index contributed by atoms with van der Waals surface area (Å²) in [5.41, 5.74) is 0.153. The van der Waals surface area contributed by atoms with Gasteiger partial charge in [-0.2, -0.15) is 0 Å². The Morgan fingerprint density at radius 3 is 2.60 bits per heavy atom. The molecule has 112 valence electrons. The van der Waals surface area contributed by atoms with Crippen molar-refractivity contribution in [1.82, 2.24) is 4.90 Å². The van der Waals surface area contributed by atoms with E-state index in [2.05, 4.69) is 6.92 Å². The van der Waals surface area contributed by atoms with Gasteiger partial charge < -0.3 is 14.4 Å². The van der Waals surface area contributed by atoms with Gasteiger partial charge in [-0.3, -0.25) is 4.79 Å². The maximum Gasteiger partial charge on any atom is 0.339 e. The number of carbonyl (C=O) groups excluding carboxylic acids is 1. The zero-order valence-electron chi connectivity index (χ0n) is 12.6. The zero-order chi connectivity index (χ0) is 15.3. The number of rotatable bonds is 7. The highest BCUT2D eigenvalue weighted by molar-refractivity contribution is 5.88. The molecule has 0 aliphatic heterocycles. The van der Waals surface area contributed by atoms with E-state index in [1.807, 2.05) is 6.92 Å². The minimum Gasteiger partial charge on any atom is -0.478 e. The maximum atomic E-state index is 12.1. The molecule has 5 heteroatoms. The molecule has 1 N–H and O–H groups in total. The van der Waals surface area contributed by atoms with Gasteiger partial charge in [-0.25, -0.2) is 4.79 Å². The van der Waals surface area contributed by atoms with Crippen LogP contribution in [0, 0.1) is 12.8 Å². The van der Waals surface area contributed by atoms with Crippen molar-refractivity contribution in [2.45, 2.75) is 46.6 Å². The van der Waals surface area contributed by atoms with Crippen molar-refractivity contribution < 1.29 is 19.1 Å². The third kappa shape index (κ3) is 4.11. The van der Waals surface area contributed by atoms with E-state index in [-0.39, 0.29) is 17.4 Å². The average molecular weight is 281 g/mol. The van der Waals surface area contributed by atoms with Crippen molar-refractivity contribution in [1.29, 1.82) is 0 Å². The molecule has 0 saturated heterocycles. The fourth-order valence-electron chi connectivity index (χ4n) is 2.16. The molecule has 0 fully saturated rings. The Hall–Kier alpha value is -1.78. The Labute approximate surface area is 119 Å². The first-order valence-corrected chi connectivity index (χ1v) is 6.94. The van der Waals surface area contributed by atoms with Gasteiger partial charge in [-0.1, -0.05) is 26.7 Å². The number of hydrogen-bond donors (Lipinski definition) is 1. The van der Waals surface area contributed by atoms with Crippen LogP contribution in [0.2, 0.25) is 0 Å². The number of carboxylic acid groups (broad SMARTS) is 1. The Balaban J connectivity index is 2.65. The van der Waals surface area contributed by atoms with Crippen molar-refractivity contribution in [2.75, 3.05) is 7.05 Å². The van der Waals surface area contributed by atoms with Gasteiger partial charge in [0.1, 0.15) is 17.1 Å². The van der Waals surface area contributed by atoms with E-state index in [1.165, 1.54) is 6.07 Å². The second kappa shape index (κ2) is 7.12.